The fourth-order valence-electron chi connectivity index (χ4n) is 3.65. The van der Waals surface area contributed by atoms with Crippen LogP contribution in [0.5, 0.6) is 0 Å². The Bertz CT molecular complexity index is 757. The van der Waals surface area contributed by atoms with Crippen molar-refractivity contribution in [2.75, 3.05) is 5.32 Å². The largest absolute Gasteiger partial charge is 0.389 e. The van der Waals surface area contributed by atoms with Crippen molar-refractivity contribution in [1.29, 1.82) is 0 Å². The van der Waals surface area contributed by atoms with Crippen LogP contribution in [0.4, 0.5) is 10.5 Å². The van der Waals surface area contributed by atoms with Crippen molar-refractivity contribution < 1.29 is 9.90 Å². The first-order valence-electron chi connectivity index (χ1n) is 9.14. The van der Waals surface area contributed by atoms with Gasteiger partial charge in [-0.25, -0.2) is 4.79 Å². The first-order valence-corrected chi connectivity index (χ1v) is 9.52. The van der Waals surface area contributed by atoms with E-state index in [-0.39, 0.29) is 12.1 Å². The van der Waals surface area contributed by atoms with Crippen molar-refractivity contribution in [3.63, 3.8) is 0 Å². The van der Waals surface area contributed by atoms with E-state index in [0.29, 0.717) is 16.6 Å². The first-order chi connectivity index (χ1) is 12.5. The summed E-state index contributed by atoms with van der Waals surface area (Å²) in [6.07, 6.45) is 4.03. The van der Waals surface area contributed by atoms with Gasteiger partial charge in [0.25, 0.3) is 0 Å². The highest BCUT2D eigenvalue weighted by molar-refractivity contribution is 6.30. The Morgan fingerprint density at radius 3 is 2.50 bits per heavy atom. The van der Waals surface area contributed by atoms with Crippen LogP contribution >= 0.6 is 11.6 Å². The summed E-state index contributed by atoms with van der Waals surface area (Å²) in [6, 6.07) is 14.7. The van der Waals surface area contributed by atoms with E-state index in [1.54, 1.807) is 13.0 Å². The molecule has 2 aromatic rings. The predicted molar refractivity (Wildman–Crippen MR) is 105 cm³/mol. The van der Waals surface area contributed by atoms with Crippen molar-refractivity contribution in [2.45, 2.75) is 44.8 Å². The minimum Gasteiger partial charge on any atom is -0.389 e. The molecule has 0 aliphatic heterocycles. The van der Waals surface area contributed by atoms with Gasteiger partial charge in [0.1, 0.15) is 0 Å². The number of rotatable bonds is 5. The summed E-state index contributed by atoms with van der Waals surface area (Å²) in [5, 5.41) is 16.4. The van der Waals surface area contributed by atoms with E-state index in [4.69, 9.17) is 11.6 Å². The molecule has 0 aromatic heterocycles. The zero-order chi connectivity index (χ0) is 18.5. The molecule has 1 aliphatic carbocycles. The predicted octanol–water partition coefficient (Wildman–Crippen LogP) is 5.45. The summed E-state index contributed by atoms with van der Waals surface area (Å²) in [5.74, 6) is 0.419. The molecule has 2 amide bonds. The molecule has 3 N–H and O–H groups in total. The van der Waals surface area contributed by atoms with Crippen molar-refractivity contribution >= 4 is 23.3 Å². The van der Waals surface area contributed by atoms with Crippen LogP contribution in [-0.2, 0) is 0 Å². The highest BCUT2D eigenvalue weighted by atomic mass is 35.5. The first kappa shape index (κ1) is 18.7. The van der Waals surface area contributed by atoms with Gasteiger partial charge in [0, 0.05) is 10.7 Å². The fraction of sp³-hybridized carbons (Fsp3) is 0.381. The maximum absolute atomic E-state index is 12.6. The Morgan fingerprint density at radius 1 is 1.12 bits per heavy atom. The SMILES string of the molecule is CC(O)c1cccc(NC(=O)NC(c2cccc(Cl)c2)C2CCCC2)c1. The molecule has 1 fully saturated rings. The summed E-state index contributed by atoms with van der Waals surface area (Å²) >= 11 is 6.16. The van der Waals surface area contributed by atoms with Gasteiger partial charge in [-0.3, -0.25) is 0 Å². The highest BCUT2D eigenvalue weighted by Crippen LogP contribution is 2.36. The Morgan fingerprint density at radius 2 is 1.81 bits per heavy atom. The third-order valence-corrected chi connectivity index (χ3v) is 5.23. The Labute approximate surface area is 159 Å². The van der Waals surface area contributed by atoms with Crippen LogP contribution in [0.15, 0.2) is 48.5 Å². The molecule has 2 unspecified atom stereocenters. The van der Waals surface area contributed by atoms with Gasteiger partial charge >= 0.3 is 6.03 Å². The molecule has 2 atom stereocenters. The van der Waals surface area contributed by atoms with Crippen LogP contribution in [0.3, 0.4) is 0 Å². The number of urea groups is 1. The second-order valence-corrected chi connectivity index (χ2v) is 7.41. The summed E-state index contributed by atoms with van der Waals surface area (Å²) in [7, 11) is 0. The Balaban J connectivity index is 1.74. The second kappa shape index (κ2) is 8.56. The Kier molecular flexibility index (Phi) is 6.17. The number of hydrogen-bond acceptors (Lipinski definition) is 2. The number of aliphatic hydroxyl groups is 1. The molecule has 0 heterocycles. The van der Waals surface area contributed by atoms with E-state index < -0.39 is 6.10 Å². The molecular weight excluding hydrogens is 348 g/mol. The molecule has 26 heavy (non-hydrogen) atoms. The summed E-state index contributed by atoms with van der Waals surface area (Å²) in [4.78, 5) is 12.6. The standard InChI is InChI=1S/C21H25ClN2O2/c1-14(25)16-8-5-11-19(13-16)23-21(26)24-20(15-6-2-3-7-15)17-9-4-10-18(22)12-17/h4-5,8-15,20,25H,2-3,6-7H2,1H3,(H2,23,24,26). The topological polar surface area (TPSA) is 61.4 Å². The summed E-state index contributed by atoms with van der Waals surface area (Å²) < 4.78 is 0. The number of amides is 2. The Hall–Kier alpha value is -2.04. The quantitative estimate of drug-likeness (QED) is 0.653. The van der Waals surface area contributed by atoms with Gasteiger partial charge in [-0.15, -0.1) is 0 Å². The molecular formula is C21H25ClN2O2. The van der Waals surface area contributed by atoms with Crippen LogP contribution in [-0.4, -0.2) is 11.1 Å². The lowest BCUT2D eigenvalue weighted by atomic mass is 9.92. The minimum atomic E-state index is -0.572. The van der Waals surface area contributed by atoms with E-state index in [2.05, 4.69) is 10.6 Å². The van der Waals surface area contributed by atoms with E-state index in [9.17, 15) is 9.90 Å². The lowest BCUT2D eigenvalue weighted by molar-refractivity contribution is 0.199. The van der Waals surface area contributed by atoms with Crippen LogP contribution in [0.2, 0.25) is 5.02 Å². The average Bonchev–Trinajstić information content (AvgIpc) is 3.14. The van der Waals surface area contributed by atoms with Gasteiger partial charge in [-0.1, -0.05) is 48.7 Å². The van der Waals surface area contributed by atoms with E-state index >= 15 is 0 Å². The molecule has 2 aromatic carbocycles. The number of aliphatic hydroxyl groups excluding tert-OH is 1. The normalized spacial score (nSPS) is 16.9. The summed E-state index contributed by atoms with van der Waals surface area (Å²) in [6.45, 7) is 1.70. The third kappa shape index (κ3) is 4.77. The van der Waals surface area contributed by atoms with Gasteiger partial charge in [-0.05, 0) is 61.1 Å². The maximum atomic E-state index is 12.6. The van der Waals surface area contributed by atoms with E-state index in [1.807, 2.05) is 42.5 Å². The number of anilines is 1. The lowest BCUT2D eigenvalue weighted by Crippen LogP contribution is -2.36. The number of carbonyl (C=O) groups excluding carboxylic acids is 1. The van der Waals surface area contributed by atoms with Crippen LogP contribution in [0, 0.1) is 5.92 Å². The molecule has 3 rings (SSSR count). The van der Waals surface area contributed by atoms with Gasteiger partial charge < -0.3 is 15.7 Å². The number of hydrogen-bond donors (Lipinski definition) is 3. The maximum Gasteiger partial charge on any atom is 0.319 e. The molecule has 0 saturated heterocycles. The number of nitrogens with one attached hydrogen (secondary N) is 2. The fourth-order valence-corrected chi connectivity index (χ4v) is 3.85. The monoisotopic (exact) mass is 372 g/mol. The molecule has 4 nitrogen and oxygen atoms in total. The van der Waals surface area contributed by atoms with E-state index in [1.165, 1.54) is 12.8 Å². The summed E-state index contributed by atoms with van der Waals surface area (Å²) in [5.41, 5.74) is 2.47. The van der Waals surface area contributed by atoms with Gasteiger partial charge in [0.2, 0.25) is 0 Å². The van der Waals surface area contributed by atoms with Crippen molar-refractivity contribution in [1.82, 2.24) is 5.32 Å². The van der Waals surface area contributed by atoms with Crippen molar-refractivity contribution in [3.05, 3.63) is 64.7 Å². The van der Waals surface area contributed by atoms with Gasteiger partial charge in [-0.2, -0.15) is 0 Å². The van der Waals surface area contributed by atoms with Crippen LogP contribution < -0.4 is 10.6 Å². The molecule has 1 aliphatic rings. The molecule has 0 radical (unpaired) electrons. The van der Waals surface area contributed by atoms with Crippen molar-refractivity contribution in [2.24, 2.45) is 5.92 Å². The zero-order valence-electron chi connectivity index (χ0n) is 14.9. The smallest absolute Gasteiger partial charge is 0.319 e. The second-order valence-electron chi connectivity index (χ2n) is 6.98. The van der Waals surface area contributed by atoms with Gasteiger partial charge in [0.15, 0.2) is 0 Å². The number of carbonyl (C=O) groups is 1. The number of halogens is 1. The van der Waals surface area contributed by atoms with Crippen LogP contribution in [0.25, 0.3) is 0 Å². The minimum absolute atomic E-state index is 0.0591. The molecule has 0 bridgehead atoms. The van der Waals surface area contributed by atoms with Crippen LogP contribution in [0.1, 0.15) is 55.9 Å². The molecule has 5 heteroatoms. The van der Waals surface area contributed by atoms with Gasteiger partial charge in [0.05, 0.1) is 12.1 Å². The molecule has 1 saturated carbocycles. The zero-order valence-corrected chi connectivity index (χ0v) is 15.7. The molecule has 0 spiro atoms. The highest BCUT2D eigenvalue weighted by Gasteiger charge is 2.28. The number of benzene rings is 2. The van der Waals surface area contributed by atoms with E-state index in [0.717, 1.165) is 24.0 Å². The third-order valence-electron chi connectivity index (χ3n) is 4.99. The molecule has 138 valence electrons. The average molecular weight is 373 g/mol. The van der Waals surface area contributed by atoms with Crippen molar-refractivity contribution in [3.8, 4) is 0 Å². The lowest BCUT2D eigenvalue weighted by Gasteiger charge is -2.25.